The molecule has 2 nitrogen and oxygen atoms in total. The first-order valence-corrected chi connectivity index (χ1v) is 3.90. The molecule has 0 radical (unpaired) electrons. The Morgan fingerprint density at radius 3 is 1.67 bits per heavy atom. The molecule has 2 N–H and O–H groups in total. The predicted molar refractivity (Wildman–Crippen MR) is 50.3 cm³/mol. The van der Waals surface area contributed by atoms with Gasteiger partial charge in [0.2, 0.25) is 0 Å². The van der Waals surface area contributed by atoms with Crippen molar-refractivity contribution in [2.24, 2.45) is 0 Å². The Labute approximate surface area is 70.6 Å². The Bertz CT molecular complexity index is 370. The maximum Gasteiger partial charge on any atom is 0.0618 e. The number of fused-ring (bicyclic) bond motifs is 1. The van der Waals surface area contributed by atoms with Gasteiger partial charge in [0.05, 0.1) is 11.0 Å². The van der Waals surface area contributed by atoms with Gasteiger partial charge in [0, 0.05) is 12.4 Å². The van der Waals surface area contributed by atoms with Crippen LogP contribution in [0.25, 0.3) is 11.0 Å². The third kappa shape index (κ3) is 1.32. The molecule has 1 heterocycles. The van der Waals surface area contributed by atoms with Gasteiger partial charge in [-0.1, -0.05) is 12.1 Å². The minimum Gasteiger partial charge on any atom is -0.360 e. The lowest BCUT2D eigenvalue weighted by Crippen LogP contribution is -1.75. The smallest absolute Gasteiger partial charge is 0.0618 e. The minimum absolute atomic E-state index is 1.10. The molecule has 0 aliphatic rings. The molecule has 2 rings (SSSR count). The number of nitrogens with one attached hydrogen (secondary N) is 2. The number of para-hydroxylation sites is 2. The fourth-order valence-electron chi connectivity index (χ4n) is 1.12. The maximum atomic E-state index is 3.17. The summed E-state index contributed by atoms with van der Waals surface area (Å²) in [6.45, 7) is 0. The number of aromatic amines is 2. The highest BCUT2D eigenvalue weighted by molar-refractivity contribution is 5.72. The van der Waals surface area contributed by atoms with Crippen molar-refractivity contribution in [2.45, 2.75) is 0 Å². The SMILES string of the molecule is c1cc[nH]c2ccccc2[nH]c1. The van der Waals surface area contributed by atoms with Gasteiger partial charge in [0.25, 0.3) is 0 Å². The zero-order valence-electron chi connectivity index (χ0n) is 6.62. The normalized spacial score (nSPS) is 9.67. The molecule has 0 aliphatic carbocycles. The summed E-state index contributed by atoms with van der Waals surface area (Å²) in [6, 6.07) is 12.0. The third-order valence-corrected chi connectivity index (χ3v) is 1.71. The van der Waals surface area contributed by atoms with Crippen LogP contribution in [0.4, 0.5) is 0 Å². The van der Waals surface area contributed by atoms with E-state index in [1.807, 2.05) is 48.8 Å². The molecule has 60 valence electrons. The van der Waals surface area contributed by atoms with Gasteiger partial charge in [-0.2, -0.15) is 0 Å². The first kappa shape index (κ1) is 6.98. The zero-order chi connectivity index (χ0) is 8.23. The lowest BCUT2D eigenvalue weighted by atomic mass is 10.3. The second-order valence-corrected chi connectivity index (χ2v) is 2.55. The van der Waals surface area contributed by atoms with Crippen LogP contribution in [0.1, 0.15) is 0 Å². The molecule has 0 bridgehead atoms. The highest BCUT2D eigenvalue weighted by atomic mass is 14.7. The summed E-state index contributed by atoms with van der Waals surface area (Å²) >= 11 is 0. The first-order valence-electron chi connectivity index (χ1n) is 3.90. The second-order valence-electron chi connectivity index (χ2n) is 2.55. The van der Waals surface area contributed by atoms with Crippen molar-refractivity contribution < 1.29 is 0 Å². The molecule has 0 atom stereocenters. The second kappa shape index (κ2) is 3.13. The van der Waals surface area contributed by atoms with Gasteiger partial charge in [-0.05, 0) is 24.3 Å². The van der Waals surface area contributed by atoms with Crippen LogP contribution in [0.2, 0.25) is 0 Å². The molecule has 0 spiro atoms. The van der Waals surface area contributed by atoms with Crippen LogP contribution in [-0.2, 0) is 0 Å². The van der Waals surface area contributed by atoms with Crippen LogP contribution >= 0.6 is 0 Å². The average Bonchev–Trinajstić information content (AvgIpc) is 2.06. The Balaban J connectivity index is 2.83. The van der Waals surface area contributed by atoms with E-state index in [9.17, 15) is 0 Å². The lowest BCUT2D eigenvalue weighted by Gasteiger charge is -1.92. The van der Waals surface area contributed by atoms with E-state index in [0.717, 1.165) is 11.0 Å². The summed E-state index contributed by atoms with van der Waals surface area (Å²) in [5, 5.41) is 0. The van der Waals surface area contributed by atoms with E-state index in [1.165, 1.54) is 0 Å². The highest BCUT2D eigenvalue weighted by Crippen LogP contribution is 2.03. The van der Waals surface area contributed by atoms with Crippen LogP contribution in [0.5, 0.6) is 0 Å². The van der Waals surface area contributed by atoms with Crippen LogP contribution in [0, 0.1) is 0 Å². The standard InChI is InChI=1S/C10H10N2/c1-2-6-10-9(5-1)11-7-3-4-8-12-10/h1-8,11-12H. The molecular formula is C10H10N2. The van der Waals surface area contributed by atoms with Crippen molar-refractivity contribution >= 4 is 11.0 Å². The van der Waals surface area contributed by atoms with Gasteiger partial charge in [-0.3, -0.25) is 0 Å². The van der Waals surface area contributed by atoms with Crippen molar-refractivity contribution in [1.82, 2.24) is 9.97 Å². The van der Waals surface area contributed by atoms with Crippen molar-refractivity contribution in [3.63, 3.8) is 0 Å². The van der Waals surface area contributed by atoms with Crippen molar-refractivity contribution in [2.75, 3.05) is 0 Å². The molecule has 0 aliphatic heterocycles. The first-order chi connectivity index (χ1) is 5.97. The largest absolute Gasteiger partial charge is 0.360 e. The van der Waals surface area contributed by atoms with E-state index >= 15 is 0 Å². The van der Waals surface area contributed by atoms with Gasteiger partial charge >= 0.3 is 0 Å². The van der Waals surface area contributed by atoms with E-state index in [0.29, 0.717) is 0 Å². The van der Waals surface area contributed by atoms with E-state index in [2.05, 4.69) is 9.97 Å². The summed E-state index contributed by atoms with van der Waals surface area (Å²) in [4.78, 5) is 6.34. The number of hydrogen-bond acceptors (Lipinski definition) is 0. The van der Waals surface area contributed by atoms with Crippen LogP contribution < -0.4 is 0 Å². The quantitative estimate of drug-likeness (QED) is 0.590. The molecular weight excluding hydrogens is 148 g/mol. The molecule has 0 fully saturated rings. The number of benzene rings is 1. The Kier molecular flexibility index (Phi) is 1.82. The molecule has 2 heteroatoms. The molecule has 2 aromatic rings. The maximum absolute atomic E-state index is 3.17. The Hall–Kier alpha value is -1.70. The van der Waals surface area contributed by atoms with Gasteiger partial charge in [0.15, 0.2) is 0 Å². The highest BCUT2D eigenvalue weighted by Gasteiger charge is 1.83. The topological polar surface area (TPSA) is 31.6 Å². The number of rotatable bonds is 0. The van der Waals surface area contributed by atoms with E-state index in [1.54, 1.807) is 0 Å². The van der Waals surface area contributed by atoms with Gasteiger partial charge in [0.1, 0.15) is 0 Å². The van der Waals surface area contributed by atoms with E-state index < -0.39 is 0 Å². The van der Waals surface area contributed by atoms with Crippen LogP contribution in [0.15, 0.2) is 48.8 Å². The molecule has 12 heavy (non-hydrogen) atoms. The van der Waals surface area contributed by atoms with E-state index in [-0.39, 0.29) is 0 Å². The molecule has 0 saturated carbocycles. The number of H-pyrrole nitrogens is 2. The molecule has 1 aromatic heterocycles. The van der Waals surface area contributed by atoms with Crippen LogP contribution in [0.3, 0.4) is 0 Å². The third-order valence-electron chi connectivity index (χ3n) is 1.71. The summed E-state index contributed by atoms with van der Waals surface area (Å²) in [6.07, 6.45) is 3.83. The fourth-order valence-corrected chi connectivity index (χ4v) is 1.12. The van der Waals surface area contributed by atoms with Gasteiger partial charge in [-0.25, -0.2) is 0 Å². The van der Waals surface area contributed by atoms with Gasteiger partial charge < -0.3 is 9.97 Å². The zero-order valence-corrected chi connectivity index (χ0v) is 6.62. The Morgan fingerprint density at radius 2 is 1.17 bits per heavy atom. The molecule has 1 aromatic carbocycles. The summed E-state index contributed by atoms with van der Waals surface area (Å²) in [7, 11) is 0. The van der Waals surface area contributed by atoms with E-state index in [4.69, 9.17) is 0 Å². The monoisotopic (exact) mass is 158 g/mol. The fraction of sp³-hybridized carbons (Fsp3) is 0. The number of aromatic nitrogens is 2. The van der Waals surface area contributed by atoms with Crippen molar-refractivity contribution in [3.05, 3.63) is 48.8 Å². The van der Waals surface area contributed by atoms with Crippen molar-refractivity contribution in [1.29, 1.82) is 0 Å². The number of hydrogen-bond donors (Lipinski definition) is 2. The lowest BCUT2D eigenvalue weighted by molar-refractivity contribution is 1.35. The minimum atomic E-state index is 1.10. The van der Waals surface area contributed by atoms with Crippen LogP contribution in [-0.4, -0.2) is 9.97 Å². The summed E-state index contributed by atoms with van der Waals surface area (Å²) < 4.78 is 0. The van der Waals surface area contributed by atoms with Gasteiger partial charge in [-0.15, -0.1) is 0 Å². The summed E-state index contributed by atoms with van der Waals surface area (Å²) in [5.41, 5.74) is 2.19. The van der Waals surface area contributed by atoms with Crippen molar-refractivity contribution in [3.8, 4) is 0 Å². The predicted octanol–water partition coefficient (Wildman–Crippen LogP) is 2.62. The average molecular weight is 158 g/mol. The molecule has 0 amide bonds. The summed E-state index contributed by atoms with van der Waals surface area (Å²) in [5.74, 6) is 0. The molecule has 0 saturated heterocycles. The molecule has 0 unspecified atom stereocenters. The Morgan fingerprint density at radius 1 is 0.667 bits per heavy atom.